The van der Waals surface area contributed by atoms with Gasteiger partial charge in [0.25, 0.3) is 0 Å². The van der Waals surface area contributed by atoms with Crippen molar-refractivity contribution < 1.29 is 9.90 Å². The molecule has 1 N–H and O–H groups in total. The second-order valence-electron chi connectivity index (χ2n) is 4.54. The highest BCUT2D eigenvalue weighted by molar-refractivity contribution is 6.09. The zero-order chi connectivity index (χ0) is 12.1. The number of aliphatic hydroxyl groups is 1. The molecule has 0 spiro atoms. The third kappa shape index (κ3) is 3.18. The molecule has 1 aliphatic carbocycles. The van der Waals surface area contributed by atoms with Gasteiger partial charge in [-0.3, -0.25) is 4.79 Å². The molecule has 0 radical (unpaired) electrons. The molecule has 17 heavy (non-hydrogen) atoms. The van der Waals surface area contributed by atoms with Crippen molar-refractivity contribution in [2.75, 3.05) is 0 Å². The van der Waals surface area contributed by atoms with Crippen LogP contribution in [0.2, 0.25) is 0 Å². The lowest BCUT2D eigenvalue weighted by Crippen LogP contribution is -2.29. The van der Waals surface area contributed by atoms with Gasteiger partial charge < -0.3 is 5.11 Å². The SMILES string of the molecule is O=C(C#CC1(O)CCCCC1)c1ccccc1. The summed E-state index contributed by atoms with van der Waals surface area (Å²) >= 11 is 0. The Morgan fingerprint density at radius 1 is 1.12 bits per heavy atom. The smallest absolute Gasteiger partial charge is 0.235 e. The van der Waals surface area contributed by atoms with Crippen LogP contribution < -0.4 is 0 Å². The molecule has 0 amide bonds. The number of ketones is 1. The first-order valence-electron chi connectivity index (χ1n) is 6.05. The summed E-state index contributed by atoms with van der Waals surface area (Å²) in [5.74, 6) is 5.10. The Hall–Kier alpha value is -1.59. The minimum atomic E-state index is -0.942. The maximum Gasteiger partial charge on any atom is 0.235 e. The summed E-state index contributed by atoms with van der Waals surface area (Å²) in [5, 5.41) is 10.1. The highest BCUT2D eigenvalue weighted by Gasteiger charge is 2.26. The van der Waals surface area contributed by atoms with E-state index in [2.05, 4.69) is 11.8 Å². The van der Waals surface area contributed by atoms with Gasteiger partial charge in [-0.2, -0.15) is 0 Å². The lowest BCUT2D eigenvalue weighted by molar-refractivity contribution is 0.0607. The van der Waals surface area contributed by atoms with Crippen molar-refractivity contribution in [2.24, 2.45) is 0 Å². The maximum absolute atomic E-state index is 11.7. The van der Waals surface area contributed by atoms with E-state index in [1.54, 1.807) is 12.1 Å². The van der Waals surface area contributed by atoms with Crippen LogP contribution in [0.15, 0.2) is 30.3 Å². The number of carbonyl (C=O) groups excluding carboxylic acids is 1. The Morgan fingerprint density at radius 3 is 2.41 bits per heavy atom. The van der Waals surface area contributed by atoms with Crippen molar-refractivity contribution in [1.29, 1.82) is 0 Å². The van der Waals surface area contributed by atoms with E-state index in [0.29, 0.717) is 18.4 Å². The summed E-state index contributed by atoms with van der Waals surface area (Å²) in [5.41, 5.74) is -0.359. The predicted octanol–water partition coefficient (Wildman–Crippen LogP) is 2.57. The van der Waals surface area contributed by atoms with E-state index >= 15 is 0 Å². The first-order chi connectivity index (χ1) is 8.20. The fourth-order valence-electron chi connectivity index (χ4n) is 2.10. The quantitative estimate of drug-likeness (QED) is 0.455. The molecule has 0 bridgehead atoms. The van der Waals surface area contributed by atoms with Gasteiger partial charge in [0.2, 0.25) is 5.78 Å². The molecule has 0 unspecified atom stereocenters. The molecule has 1 aliphatic rings. The van der Waals surface area contributed by atoms with Gasteiger partial charge in [-0.1, -0.05) is 42.7 Å². The van der Waals surface area contributed by atoms with Gasteiger partial charge >= 0.3 is 0 Å². The Balaban J connectivity index is 2.08. The zero-order valence-electron chi connectivity index (χ0n) is 9.78. The molecule has 2 heteroatoms. The highest BCUT2D eigenvalue weighted by atomic mass is 16.3. The summed E-state index contributed by atoms with van der Waals surface area (Å²) in [6, 6.07) is 8.96. The van der Waals surface area contributed by atoms with Gasteiger partial charge in [-0.25, -0.2) is 0 Å². The monoisotopic (exact) mass is 228 g/mol. The molecule has 0 aliphatic heterocycles. The van der Waals surface area contributed by atoms with Gasteiger partial charge in [-0.05, 0) is 31.6 Å². The third-order valence-electron chi connectivity index (χ3n) is 3.13. The molecule has 0 heterocycles. The van der Waals surface area contributed by atoms with Gasteiger partial charge in [0.1, 0.15) is 5.60 Å². The molecule has 88 valence electrons. The second-order valence-corrected chi connectivity index (χ2v) is 4.54. The van der Waals surface area contributed by atoms with E-state index in [9.17, 15) is 9.90 Å². The van der Waals surface area contributed by atoms with Gasteiger partial charge in [0.05, 0.1) is 0 Å². The lowest BCUT2D eigenvalue weighted by Gasteiger charge is -2.26. The van der Waals surface area contributed by atoms with Crippen LogP contribution in [0.1, 0.15) is 42.5 Å². The number of hydrogen-bond acceptors (Lipinski definition) is 2. The topological polar surface area (TPSA) is 37.3 Å². The second kappa shape index (κ2) is 5.16. The summed E-state index contributed by atoms with van der Waals surface area (Å²) in [6.07, 6.45) is 4.50. The minimum absolute atomic E-state index is 0.218. The lowest BCUT2D eigenvalue weighted by atomic mass is 9.85. The van der Waals surface area contributed by atoms with Crippen LogP contribution in [0.4, 0.5) is 0 Å². The average Bonchev–Trinajstić information content (AvgIpc) is 2.38. The molecular weight excluding hydrogens is 212 g/mol. The standard InChI is InChI=1S/C15H16O2/c16-14(13-7-3-1-4-8-13)9-12-15(17)10-5-2-6-11-15/h1,3-4,7-8,17H,2,5-6,10-11H2. The number of carbonyl (C=O) groups is 1. The van der Waals surface area contributed by atoms with Gasteiger partial charge in [0.15, 0.2) is 0 Å². The average molecular weight is 228 g/mol. The maximum atomic E-state index is 11.7. The normalized spacial score (nSPS) is 17.9. The van der Waals surface area contributed by atoms with Crippen LogP contribution >= 0.6 is 0 Å². The van der Waals surface area contributed by atoms with Crippen molar-refractivity contribution in [3.05, 3.63) is 35.9 Å². The molecule has 0 atom stereocenters. The fourth-order valence-corrected chi connectivity index (χ4v) is 2.10. The van der Waals surface area contributed by atoms with Crippen molar-refractivity contribution in [1.82, 2.24) is 0 Å². The Bertz CT molecular complexity index is 445. The van der Waals surface area contributed by atoms with E-state index in [4.69, 9.17) is 0 Å². The van der Waals surface area contributed by atoms with Crippen LogP contribution in [-0.2, 0) is 0 Å². The Kier molecular flexibility index (Phi) is 3.61. The molecular formula is C15H16O2. The number of rotatable bonds is 1. The summed E-state index contributed by atoms with van der Waals surface area (Å²) in [7, 11) is 0. The molecule has 1 fully saturated rings. The van der Waals surface area contributed by atoms with Crippen LogP contribution in [0.3, 0.4) is 0 Å². The first-order valence-corrected chi connectivity index (χ1v) is 6.05. The molecule has 2 nitrogen and oxygen atoms in total. The Labute approximate surface area is 102 Å². The highest BCUT2D eigenvalue weighted by Crippen LogP contribution is 2.27. The molecule has 1 saturated carbocycles. The van der Waals surface area contributed by atoms with Crippen molar-refractivity contribution in [3.63, 3.8) is 0 Å². The Morgan fingerprint density at radius 2 is 1.76 bits per heavy atom. The fraction of sp³-hybridized carbons (Fsp3) is 0.400. The van der Waals surface area contributed by atoms with E-state index < -0.39 is 5.60 Å². The summed E-state index contributed by atoms with van der Waals surface area (Å²) in [4.78, 5) is 11.7. The summed E-state index contributed by atoms with van der Waals surface area (Å²) < 4.78 is 0. The third-order valence-corrected chi connectivity index (χ3v) is 3.13. The van der Waals surface area contributed by atoms with Crippen LogP contribution in [0.25, 0.3) is 0 Å². The van der Waals surface area contributed by atoms with Crippen LogP contribution in [-0.4, -0.2) is 16.5 Å². The van der Waals surface area contributed by atoms with Crippen LogP contribution in [0.5, 0.6) is 0 Å². The minimum Gasteiger partial charge on any atom is -0.378 e. The zero-order valence-corrected chi connectivity index (χ0v) is 9.78. The predicted molar refractivity (Wildman–Crippen MR) is 66.6 cm³/mol. The van der Waals surface area contributed by atoms with Gasteiger partial charge in [0, 0.05) is 5.56 Å². The number of benzene rings is 1. The molecule has 2 rings (SSSR count). The molecule has 1 aromatic rings. The van der Waals surface area contributed by atoms with E-state index in [1.165, 1.54) is 0 Å². The molecule has 0 aromatic heterocycles. The van der Waals surface area contributed by atoms with Crippen molar-refractivity contribution in [2.45, 2.75) is 37.7 Å². The molecule has 1 aromatic carbocycles. The van der Waals surface area contributed by atoms with Gasteiger partial charge in [-0.15, -0.1) is 0 Å². The summed E-state index contributed by atoms with van der Waals surface area (Å²) in [6.45, 7) is 0. The van der Waals surface area contributed by atoms with E-state index in [0.717, 1.165) is 19.3 Å². The molecule has 0 saturated heterocycles. The van der Waals surface area contributed by atoms with Crippen molar-refractivity contribution >= 4 is 5.78 Å². The van der Waals surface area contributed by atoms with Crippen molar-refractivity contribution in [3.8, 4) is 11.8 Å². The largest absolute Gasteiger partial charge is 0.378 e. The van der Waals surface area contributed by atoms with E-state index in [1.807, 2.05) is 18.2 Å². The first kappa shape index (κ1) is 11.9. The number of Topliss-reactive ketones (excluding diaryl/α,β-unsaturated/α-hetero) is 1. The number of hydrogen-bond donors (Lipinski definition) is 1. The van der Waals surface area contributed by atoms with Crippen LogP contribution in [0, 0.1) is 11.8 Å². The van der Waals surface area contributed by atoms with E-state index in [-0.39, 0.29) is 5.78 Å².